The maximum atomic E-state index is 5.11. The summed E-state index contributed by atoms with van der Waals surface area (Å²) < 4.78 is 5.11. The molecule has 2 aromatic rings. The number of benzene rings is 1. The molecule has 0 bridgehead atoms. The number of hydrogen-bond donors (Lipinski definition) is 0. The fourth-order valence-corrected chi connectivity index (χ4v) is 2.65. The zero-order valence-corrected chi connectivity index (χ0v) is 11.0. The van der Waals surface area contributed by atoms with Crippen molar-refractivity contribution in [1.29, 1.82) is 0 Å². The normalized spacial score (nSPS) is 15.2. The lowest BCUT2D eigenvalue weighted by molar-refractivity contribution is 0.415. The minimum Gasteiger partial charge on any atom is -0.497 e. The van der Waals surface area contributed by atoms with E-state index < -0.39 is 0 Å². The van der Waals surface area contributed by atoms with Crippen molar-refractivity contribution in [1.82, 2.24) is 4.98 Å². The van der Waals surface area contributed by atoms with E-state index in [-0.39, 0.29) is 0 Å². The molecule has 18 heavy (non-hydrogen) atoms. The molecule has 1 aliphatic rings. The van der Waals surface area contributed by atoms with Crippen LogP contribution in [0.2, 0.25) is 0 Å². The van der Waals surface area contributed by atoms with Gasteiger partial charge in [-0.25, -0.2) is 4.98 Å². The Morgan fingerprint density at radius 2 is 2.11 bits per heavy atom. The molecule has 0 N–H and O–H groups in total. The van der Waals surface area contributed by atoms with Gasteiger partial charge < -0.3 is 4.74 Å². The largest absolute Gasteiger partial charge is 0.497 e. The molecule has 3 nitrogen and oxygen atoms in total. The number of thiazole rings is 1. The van der Waals surface area contributed by atoms with Crippen molar-refractivity contribution in [2.45, 2.75) is 18.8 Å². The first-order chi connectivity index (χ1) is 8.85. The summed E-state index contributed by atoms with van der Waals surface area (Å²) in [6.45, 7) is 0. The predicted molar refractivity (Wildman–Crippen MR) is 74.3 cm³/mol. The molecule has 0 amide bonds. The number of methoxy groups -OCH3 is 1. The summed E-state index contributed by atoms with van der Waals surface area (Å²) >= 11 is 1.75. The Morgan fingerprint density at radius 1 is 1.33 bits per heavy atom. The quantitative estimate of drug-likeness (QED) is 0.782. The molecule has 0 unspecified atom stereocenters. The summed E-state index contributed by atoms with van der Waals surface area (Å²) in [6.07, 6.45) is 6.38. The third kappa shape index (κ3) is 2.59. The molecule has 3 rings (SSSR count). The highest BCUT2D eigenvalue weighted by atomic mass is 32.1. The third-order valence-electron chi connectivity index (χ3n) is 2.88. The van der Waals surface area contributed by atoms with E-state index in [2.05, 4.69) is 9.98 Å². The number of aromatic nitrogens is 1. The molecule has 1 aromatic heterocycles. The van der Waals surface area contributed by atoms with Crippen LogP contribution < -0.4 is 4.74 Å². The average molecular weight is 258 g/mol. The third-order valence-corrected chi connectivity index (χ3v) is 3.98. The van der Waals surface area contributed by atoms with Crippen LogP contribution in [0.3, 0.4) is 0 Å². The zero-order chi connectivity index (χ0) is 12.4. The molecule has 1 aliphatic carbocycles. The van der Waals surface area contributed by atoms with Crippen LogP contribution in [0.1, 0.15) is 28.6 Å². The highest BCUT2D eigenvalue weighted by Crippen LogP contribution is 2.41. The van der Waals surface area contributed by atoms with Crippen LogP contribution in [0, 0.1) is 0 Å². The Kier molecular flexibility index (Phi) is 3.11. The van der Waals surface area contributed by atoms with Gasteiger partial charge in [0.15, 0.2) is 0 Å². The van der Waals surface area contributed by atoms with Crippen LogP contribution in [0.4, 0.5) is 5.69 Å². The summed E-state index contributed by atoms with van der Waals surface area (Å²) in [4.78, 5) is 9.98. The van der Waals surface area contributed by atoms with Gasteiger partial charge in [-0.15, -0.1) is 11.3 Å². The van der Waals surface area contributed by atoms with E-state index in [1.807, 2.05) is 36.7 Å². The second kappa shape index (κ2) is 4.90. The molecule has 0 spiro atoms. The molecule has 1 heterocycles. The highest BCUT2D eigenvalue weighted by molar-refractivity contribution is 7.13. The van der Waals surface area contributed by atoms with Crippen LogP contribution in [0.15, 0.2) is 35.5 Å². The Morgan fingerprint density at radius 3 is 2.78 bits per heavy atom. The van der Waals surface area contributed by atoms with Gasteiger partial charge in [-0.3, -0.25) is 4.99 Å². The second-order valence-corrected chi connectivity index (χ2v) is 5.43. The number of nitrogens with zero attached hydrogens (tertiary/aromatic N) is 2. The van der Waals surface area contributed by atoms with Gasteiger partial charge in [0.1, 0.15) is 5.75 Å². The second-order valence-electron chi connectivity index (χ2n) is 4.33. The molecule has 0 atom stereocenters. The van der Waals surface area contributed by atoms with Crippen LogP contribution in [0.5, 0.6) is 5.75 Å². The molecular formula is C14H14N2OS. The van der Waals surface area contributed by atoms with Crippen LogP contribution in [-0.2, 0) is 0 Å². The molecule has 0 saturated heterocycles. The first kappa shape index (κ1) is 11.4. The maximum absolute atomic E-state index is 5.11. The number of rotatable bonds is 4. The smallest absolute Gasteiger partial charge is 0.119 e. The Balaban J connectivity index is 1.71. The fraction of sp³-hybridized carbons (Fsp3) is 0.286. The van der Waals surface area contributed by atoms with Crippen molar-refractivity contribution in [3.63, 3.8) is 0 Å². The molecule has 1 fully saturated rings. The van der Waals surface area contributed by atoms with Crippen molar-refractivity contribution in [3.05, 3.63) is 40.3 Å². The lowest BCUT2D eigenvalue weighted by Gasteiger charge is -1.98. The molecule has 1 saturated carbocycles. The summed E-state index contributed by atoms with van der Waals surface area (Å²) in [6, 6.07) is 7.71. The van der Waals surface area contributed by atoms with E-state index in [0.717, 1.165) is 22.2 Å². The monoisotopic (exact) mass is 258 g/mol. The van der Waals surface area contributed by atoms with Gasteiger partial charge >= 0.3 is 0 Å². The minimum absolute atomic E-state index is 0.720. The van der Waals surface area contributed by atoms with Gasteiger partial charge in [-0.2, -0.15) is 0 Å². The van der Waals surface area contributed by atoms with Gasteiger partial charge in [0.2, 0.25) is 0 Å². The molecule has 92 valence electrons. The van der Waals surface area contributed by atoms with Gasteiger partial charge in [-0.1, -0.05) is 0 Å². The first-order valence-electron chi connectivity index (χ1n) is 5.99. The lowest BCUT2D eigenvalue weighted by Crippen LogP contribution is -1.80. The van der Waals surface area contributed by atoms with Crippen molar-refractivity contribution in [2.75, 3.05) is 7.11 Å². The Labute approximate surface area is 110 Å². The van der Waals surface area contributed by atoms with Crippen LogP contribution in [-0.4, -0.2) is 18.3 Å². The Hall–Kier alpha value is -1.68. The van der Waals surface area contributed by atoms with E-state index in [1.165, 1.54) is 17.8 Å². The van der Waals surface area contributed by atoms with Gasteiger partial charge in [0, 0.05) is 18.3 Å². The standard InChI is InChI=1S/C14H14N2OS/c1-17-12-6-4-11(5-7-12)15-8-13-9-16-14(18-13)10-2-3-10/h4-10H,2-3H2,1H3/b15-8+. The van der Waals surface area contributed by atoms with Crippen molar-refractivity contribution >= 4 is 23.2 Å². The maximum Gasteiger partial charge on any atom is 0.119 e. The number of hydrogen-bond acceptors (Lipinski definition) is 4. The predicted octanol–water partition coefficient (Wildman–Crippen LogP) is 3.78. The highest BCUT2D eigenvalue weighted by Gasteiger charge is 2.26. The van der Waals surface area contributed by atoms with Gasteiger partial charge in [0.25, 0.3) is 0 Å². The van der Waals surface area contributed by atoms with E-state index in [0.29, 0.717) is 0 Å². The van der Waals surface area contributed by atoms with E-state index in [9.17, 15) is 0 Å². The number of ether oxygens (including phenoxy) is 1. The molecule has 0 aliphatic heterocycles. The Bertz CT molecular complexity index is 555. The van der Waals surface area contributed by atoms with E-state index in [4.69, 9.17) is 4.74 Å². The topological polar surface area (TPSA) is 34.5 Å². The molecule has 1 aromatic carbocycles. The molecule has 4 heteroatoms. The first-order valence-corrected chi connectivity index (χ1v) is 6.80. The van der Waals surface area contributed by atoms with Gasteiger partial charge in [-0.05, 0) is 37.1 Å². The minimum atomic E-state index is 0.720. The zero-order valence-electron chi connectivity index (χ0n) is 10.2. The van der Waals surface area contributed by atoms with Gasteiger partial charge in [0.05, 0.1) is 22.7 Å². The van der Waals surface area contributed by atoms with Crippen molar-refractivity contribution < 1.29 is 4.74 Å². The summed E-state index contributed by atoms with van der Waals surface area (Å²) in [7, 11) is 1.66. The summed E-state index contributed by atoms with van der Waals surface area (Å²) in [5, 5.41) is 1.26. The van der Waals surface area contributed by atoms with Crippen molar-refractivity contribution in [3.8, 4) is 5.75 Å². The summed E-state index contributed by atoms with van der Waals surface area (Å²) in [5.74, 6) is 1.57. The summed E-state index contributed by atoms with van der Waals surface area (Å²) in [5.41, 5.74) is 0.928. The number of aliphatic imine (C=N–C) groups is 1. The molecular weight excluding hydrogens is 244 g/mol. The molecule has 0 radical (unpaired) electrons. The fourth-order valence-electron chi connectivity index (χ4n) is 1.69. The van der Waals surface area contributed by atoms with Crippen LogP contribution >= 0.6 is 11.3 Å². The van der Waals surface area contributed by atoms with E-state index in [1.54, 1.807) is 18.4 Å². The van der Waals surface area contributed by atoms with E-state index >= 15 is 0 Å². The SMILES string of the molecule is COc1ccc(/N=C/c2cnc(C3CC3)s2)cc1. The average Bonchev–Trinajstić information content (AvgIpc) is 3.16. The lowest BCUT2D eigenvalue weighted by atomic mass is 10.3. The van der Waals surface area contributed by atoms with Crippen molar-refractivity contribution in [2.24, 2.45) is 4.99 Å². The van der Waals surface area contributed by atoms with Crippen LogP contribution in [0.25, 0.3) is 0 Å².